The maximum absolute atomic E-state index is 11.9. The lowest BCUT2D eigenvalue weighted by Crippen LogP contribution is -2.54. The van der Waals surface area contributed by atoms with Crippen LogP contribution in [0.1, 0.15) is 33.1 Å². The van der Waals surface area contributed by atoms with Crippen molar-refractivity contribution in [2.24, 2.45) is 17.6 Å². The van der Waals surface area contributed by atoms with E-state index in [4.69, 9.17) is 10.5 Å². The maximum atomic E-state index is 11.9. The Labute approximate surface area is 96.9 Å². The molecule has 2 fully saturated rings. The summed E-state index contributed by atoms with van der Waals surface area (Å²) in [6.45, 7) is 5.41. The largest absolute Gasteiger partial charge is 0.378 e. The Morgan fingerprint density at radius 2 is 2.19 bits per heavy atom. The Morgan fingerprint density at radius 3 is 2.69 bits per heavy atom. The predicted molar refractivity (Wildman–Crippen MR) is 61.8 cm³/mol. The topological polar surface area (TPSA) is 64.3 Å². The molecule has 1 saturated heterocycles. The van der Waals surface area contributed by atoms with Gasteiger partial charge in [-0.3, -0.25) is 4.79 Å². The van der Waals surface area contributed by atoms with Crippen molar-refractivity contribution in [1.29, 1.82) is 0 Å². The third kappa shape index (κ3) is 2.38. The second-order valence-corrected chi connectivity index (χ2v) is 5.39. The van der Waals surface area contributed by atoms with E-state index in [1.54, 1.807) is 0 Å². The first kappa shape index (κ1) is 11.9. The van der Waals surface area contributed by atoms with Gasteiger partial charge < -0.3 is 15.8 Å². The van der Waals surface area contributed by atoms with E-state index >= 15 is 0 Å². The molecule has 0 bridgehead atoms. The molecule has 0 aromatic rings. The molecule has 1 heterocycles. The van der Waals surface area contributed by atoms with Crippen LogP contribution in [-0.4, -0.2) is 30.7 Å². The molecule has 2 rings (SSSR count). The van der Waals surface area contributed by atoms with Gasteiger partial charge in [-0.25, -0.2) is 0 Å². The fourth-order valence-corrected chi connectivity index (χ4v) is 2.33. The zero-order valence-corrected chi connectivity index (χ0v) is 10.2. The first-order chi connectivity index (χ1) is 7.51. The third-order valence-electron chi connectivity index (χ3n) is 3.97. The second-order valence-electron chi connectivity index (χ2n) is 5.39. The van der Waals surface area contributed by atoms with Gasteiger partial charge in [0, 0.05) is 19.1 Å². The molecule has 92 valence electrons. The van der Waals surface area contributed by atoms with Gasteiger partial charge in [-0.1, -0.05) is 0 Å². The SMILES string of the molecule is CC1OCCC1CNC(=O)C(C)(N)C1CC1. The Morgan fingerprint density at radius 1 is 1.50 bits per heavy atom. The molecular weight excluding hydrogens is 204 g/mol. The number of hydrogen-bond donors (Lipinski definition) is 2. The number of nitrogens with one attached hydrogen (secondary N) is 1. The van der Waals surface area contributed by atoms with Crippen molar-refractivity contribution >= 4 is 5.91 Å². The minimum atomic E-state index is -0.678. The summed E-state index contributed by atoms with van der Waals surface area (Å²) in [5.74, 6) is 0.817. The number of rotatable bonds is 4. The number of ether oxygens (including phenoxy) is 1. The van der Waals surface area contributed by atoms with Crippen LogP contribution in [0.25, 0.3) is 0 Å². The van der Waals surface area contributed by atoms with Crippen LogP contribution in [0.15, 0.2) is 0 Å². The van der Waals surface area contributed by atoms with Gasteiger partial charge in [0.25, 0.3) is 0 Å². The summed E-state index contributed by atoms with van der Waals surface area (Å²) in [5.41, 5.74) is 5.36. The Bertz CT molecular complexity index is 274. The van der Waals surface area contributed by atoms with E-state index in [9.17, 15) is 4.79 Å². The van der Waals surface area contributed by atoms with Crippen LogP contribution in [0.4, 0.5) is 0 Å². The number of carbonyl (C=O) groups excluding carboxylic acids is 1. The van der Waals surface area contributed by atoms with Gasteiger partial charge in [0.2, 0.25) is 5.91 Å². The molecule has 3 N–H and O–H groups in total. The molecule has 16 heavy (non-hydrogen) atoms. The molecule has 0 aromatic carbocycles. The summed E-state index contributed by atoms with van der Waals surface area (Å²) in [5, 5.41) is 2.97. The van der Waals surface area contributed by atoms with Crippen LogP contribution in [-0.2, 0) is 9.53 Å². The highest BCUT2D eigenvalue weighted by Crippen LogP contribution is 2.38. The first-order valence-electron chi connectivity index (χ1n) is 6.20. The minimum absolute atomic E-state index is 0.00546. The zero-order valence-electron chi connectivity index (χ0n) is 10.2. The Kier molecular flexibility index (Phi) is 3.22. The van der Waals surface area contributed by atoms with E-state index in [1.807, 2.05) is 6.92 Å². The van der Waals surface area contributed by atoms with Gasteiger partial charge in [-0.15, -0.1) is 0 Å². The molecule has 1 amide bonds. The molecule has 3 atom stereocenters. The number of amides is 1. The van der Waals surface area contributed by atoms with Gasteiger partial charge in [-0.2, -0.15) is 0 Å². The Hall–Kier alpha value is -0.610. The van der Waals surface area contributed by atoms with Crippen LogP contribution in [0.3, 0.4) is 0 Å². The summed E-state index contributed by atoms with van der Waals surface area (Å²) in [7, 11) is 0. The normalized spacial score (nSPS) is 33.4. The van der Waals surface area contributed by atoms with Crippen LogP contribution in [0.2, 0.25) is 0 Å². The summed E-state index contributed by atoms with van der Waals surface area (Å²) < 4.78 is 5.46. The molecule has 1 aliphatic carbocycles. The van der Waals surface area contributed by atoms with Crippen LogP contribution < -0.4 is 11.1 Å². The summed E-state index contributed by atoms with van der Waals surface area (Å²) in [6.07, 6.45) is 3.46. The van der Waals surface area contributed by atoms with Crippen LogP contribution in [0, 0.1) is 11.8 Å². The van der Waals surface area contributed by atoms with Crippen molar-refractivity contribution in [2.45, 2.75) is 44.8 Å². The highest BCUT2D eigenvalue weighted by Gasteiger charge is 2.44. The first-order valence-corrected chi connectivity index (χ1v) is 6.20. The molecule has 1 aliphatic heterocycles. The maximum Gasteiger partial charge on any atom is 0.240 e. The van der Waals surface area contributed by atoms with E-state index in [-0.39, 0.29) is 12.0 Å². The predicted octanol–water partition coefficient (Wildman–Crippen LogP) is 0.655. The van der Waals surface area contributed by atoms with Crippen LogP contribution in [0.5, 0.6) is 0 Å². The molecule has 0 aromatic heterocycles. The molecule has 1 saturated carbocycles. The molecule has 3 unspecified atom stereocenters. The smallest absolute Gasteiger partial charge is 0.240 e. The second kappa shape index (κ2) is 4.34. The average molecular weight is 226 g/mol. The standard InChI is InChI=1S/C12H22N2O2/c1-8-9(5-6-16-8)7-14-11(15)12(2,13)10-3-4-10/h8-10H,3-7,13H2,1-2H3,(H,14,15). The molecule has 0 radical (unpaired) electrons. The number of nitrogens with two attached hydrogens (primary N) is 1. The molecule has 2 aliphatic rings. The lowest BCUT2D eigenvalue weighted by molar-refractivity contribution is -0.126. The van der Waals surface area contributed by atoms with Crippen molar-refractivity contribution in [3.8, 4) is 0 Å². The Balaban J connectivity index is 1.78. The summed E-state index contributed by atoms with van der Waals surface area (Å²) >= 11 is 0. The van der Waals surface area contributed by atoms with Crippen molar-refractivity contribution in [3.63, 3.8) is 0 Å². The fourth-order valence-electron chi connectivity index (χ4n) is 2.33. The summed E-state index contributed by atoms with van der Waals surface area (Å²) in [4.78, 5) is 11.9. The van der Waals surface area contributed by atoms with Gasteiger partial charge in [0.15, 0.2) is 0 Å². The van der Waals surface area contributed by atoms with E-state index in [2.05, 4.69) is 12.2 Å². The molecule has 4 nitrogen and oxygen atoms in total. The van der Waals surface area contributed by atoms with Gasteiger partial charge in [0.1, 0.15) is 0 Å². The van der Waals surface area contributed by atoms with Crippen molar-refractivity contribution < 1.29 is 9.53 Å². The van der Waals surface area contributed by atoms with Crippen molar-refractivity contribution in [3.05, 3.63) is 0 Å². The van der Waals surface area contributed by atoms with Crippen LogP contribution >= 0.6 is 0 Å². The van der Waals surface area contributed by atoms with Gasteiger partial charge in [0.05, 0.1) is 11.6 Å². The fraction of sp³-hybridized carbons (Fsp3) is 0.917. The van der Waals surface area contributed by atoms with E-state index < -0.39 is 5.54 Å². The average Bonchev–Trinajstić information content (AvgIpc) is 3.01. The quantitative estimate of drug-likeness (QED) is 0.740. The van der Waals surface area contributed by atoms with E-state index in [0.29, 0.717) is 18.4 Å². The lowest BCUT2D eigenvalue weighted by Gasteiger charge is -2.24. The lowest BCUT2D eigenvalue weighted by atomic mass is 9.95. The highest BCUT2D eigenvalue weighted by molar-refractivity contribution is 5.86. The molecular formula is C12H22N2O2. The highest BCUT2D eigenvalue weighted by atomic mass is 16.5. The van der Waals surface area contributed by atoms with Gasteiger partial charge in [-0.05, 0) is 39.0 Å². The van der Waals surface area contributed by atoms with Gasteiger partial charge >= 0.3 is 0 Å². The van der Waals surface area contributed by atoms with E-state index in [0.717, 1.165) is 25.9 Å². The zero-order chi connectivity index (χ0) is 11.8. The van der Waals surface area contributed by atoms with E-state index in [1.165, 1.54) is 0 Å². The minimum Gasteiger partial charge on any atom is -0.378 e. The van der Waals surface area contributed by atoms with Crippen molar-refractivity contribution in [2.75, 3.05) is 13.2 Å². The molecule has 0 spiro atoms. The third-order valence-corrected chi connectivity index (χ3v) is 3.97. The monoisotopic (exact) mass is 226 g/mol. The molecule has 4 heteroatoms. The number of carbonyl (C=O) groups is 1. The van der Waals surface area contributed by atoms with Crippen molar-refractivity contribution in [1.82, 2.24) is 5.32 Å². The number of hydrogen-bond acceptors (Lipinski definition) is 3. The summed E-state index contributed by atoms with van der Waals surface area (Å²) in [6, 6.07) is 0.